The Labute approximate surface area is 130 Å². The Balaban J connectivity index is 1.89. The van der Waals surface area contributed by atoms with Crippen molar-refractivity contribution in [3.63, 3.8) is 0 Å². The largest absolute Gasteiger partial charge is 0.378 e. The Bertz CT molecular complexity index is 576. The van der Waals surface area contributed by atoms with E-state index in [9.17, 15) is 9.90 Å². The average Bonchev–Trinajstić information content (AvgIpc) is 2.73. The Morgan fingerprint density at radius 1 is 1.38 bits per heavy atom. The van der Waals surface area contributed by atoms with Gasteiger partial charge in [-0.2, -0.15) is 0 Å². The van der Waals surface area contributed by atoms with Gasteiger partial charge in [0.15, 0.2) is 6.10 Å². The lowest BCUT2D eigenvalue weighted by Gasteiger charge is -2.36. The highest BCUT2D eigenvalue weighted by atomic mass is 35.5. The number of rotatable bonds is 2. The SMILES string of the molecule is CC1CCCC(N(C)c2cc3c(cc2Cl)C(O)C(=O)N3)C1. The van der Waals surface area contributed by atoms with Crippen LogP contribution in [-0.2, 0) is 4.79 Å². The molecule has 5 heteroatoms. The first kappa shape index (κ1) is 14.7. The van der Waals surface area contributed by atoms with E-state index in [1.54, 1.807) is 6.07 Å². The van der Waals surface area contributed by atoms with E-state index >= 15 is 0 Å². The van der Waals surface area contributed by atoms with Gasteiger partial charge in [-0.15, -0.1) is 0 Å². The fraction of sp³-hybridized carbons (Fsp3) is 0.562. The molecule has 1 saturated carbocycles. The predicted octanol–water partition coefficient (Wildman–Crippen LogP) is 3.34. The molecule has 1 fully saturated rings. The van der Waals surface area contributed by atoms with Crippen LogP contribution in [0.4, 0.5) is 11.4 Å². The van der Waals surface area contributed by atoms with E-state index in [0.29, 0.717) is 22.3 Å². The minimum Gasteiger partial charge on any atom is -0.378 e. The molecule has 114 valence electrons. The zero-order valence-corrected chi connectivity index (χ0v) is 13.2. The highest BCUT2D eigenvalue weighted by molar-refractivity contribution is 6.33. The van der Waals surface area contributed by atoms with Gasteiger partial charge in [0.05, 0.1) is 10.7 Å². The van der Waals surface area contributed by atoms with Crippen molar-refractivity contribution in [1.29, 1.82) is 0 Å². The first-order valence-corrected chi connectivity index (χ1v) is 7.90. The molecule has 3 rings (SSSR count). The maximum Gasteiger partial charge on any atom is 0.257 e. The van der Waals surface area contributed by atoms with Crippen molar-refractivity contribution in [2.24, 2.45) is 5.92 Å². The van der Waals surface area contributed by atoms with E-state index in [1.165, 1.54) is 25.7 Å². The number of benzene rings is 1. The van der Waals surface area contributed by atoms with Crippen LogP contribution in [0.5, 0.6) is 0 Å². The normalized spacial score (nSPS) is 28.2. The molecule has 1 aromatic carbocycles. The number of halogens is 1. The number of aliphatic hydroxyl groups is 1. The van der Waals surface area contributed by atoms with Crippen molar-refractivity contribution in [2.45, 2.75) is 44.8 Å². The molecule has 1 heterocycles. The van der Waals surface area contributed by atoms with Crippen molar-refractivity contribution < 1.29 is 9.90 Å². The lowest BCUT2D eigenvalue weighted by atomic mass is 9.86. The van der Waals surface area contributed by atoms with Crippen LogP contribution in [0.2, 0.25) is 5.02 Å². The zero-order chi connectivity index (χ0) is 15.1. The number of nitrogens with one attached hydrogen (secondary N) is 1. The molecule has 1 aliphatic carbocycles. The second-order valence-corrected chi connectivity index (χ2v) is 6.73. The number of amides is 1. The van der Waals surface area contributed by atoms with Gasteiger partial charge in [-0.25, -0.2) is 0 Å². The van der Waals surface area contributed by atoms with Crippen LogP contribution in [0.3, 0.4) is 0 Å². The van der Waals surface area contributed by atoms with Crippen LogP contribution in [-0.4, -0.2) is 24.1 Å². The van der Waals surface area contributed by atoms with E-state index in [-0.39, 0.29) is 5.91 Å². The standard InChI is InChI=1S/C16H21ClN2O2/c1-9-4-3-5-10(6-9)19(2)14-8-13-11(7-12(14)17)15(20)16(21)18-13/h7-10,15,20H,3-6H2,1-2H3,(H,18,21). The van der Waals surface area contributed by atoms with Crippen LogP contribution < -0.4 is 10.2 Å². The summed E-state index contributed by atoms with van der Waals surface area (Å²) in [6, 6.07) is 4.06. The molecule has 3 unspecified atom stereocenters. The van der Waals surface area contributed by atoms with Gasteiger partial charge in [-0.05, 0) is 30.9 Å². The Hall–Kier alpha value is -1.26. The third kappa shape index (κ3) is 2.62. The molecular formula is C16H21ClN2O2. The van der Waals surface area contributed by atoms with Gasteiger partial charge in [0, 0.05) is 24.3 Å². The summed E-state index contributed by atoms with van der Waals surface area (Å²) in [6.07, 6.45) is 3.77. The first-order valence-electron chi connectivity index (χ1n) is 7.52. The topological polar surface area (TPSA) is 52.6 Å². The molecule has 0 bridgehead atoms. The van der Waals surface area contributed by atoms with Crippen LogP contribution in [0.25, 0.3) is 0 Å². The van der Waals surface area contributed by atoms with Gasteiger partial charge in [-0.1, -0.05) is 31.4 Å². The Kier molecular flexibility index (Phi) is 3.84. The molecule has 2 aliphatic rings. The number of hydrogen-bond acceptors (Lipinski definition) is 3. The van der Waals surface area contributed by atoms with Crippen LogP contribution in [0.1, 0.15) is 44.3 Å². The minimum atomic E-state index is -1.11. The number of carbonyl (C=O) groups excluding carboxylic acids is 1. The molecule has 1 aromatic rings. The number of fused-ring (bicyclic) bond motifs is 1. The number of carbonyl (C=O) groups is 1. The second kappa shape index (κ2) is 5.50. The number of hydrogen-bond donors (Lipinski definition) is 2. The summed E-state index contributed by atoms with van der Waals surface area (Å²) in [5.41, 5.74) is 2.16. The van der Waals surface area contributed by atoms with Crippen LogP contribution in [0.15, 0.2) is 12.1 Å². The highest BCUT2D eigenvalue weighted by Gasteiger charge is 2.31. The fourth-order valence-electron chi connectivity index (χ4n) is 3.47. The molecule has 21 heavy (non-hydrogen) atoms. The summed E-state index contributed by atoms with van der Waals surface area (Å²) in [7, 11) is 2.06. The molecule has 0 spiro atoms. The van der Waals surface area contributed by atoms with Crippen molar-refractivity contribution >= 4 is 28.9 Å². The Morgan fingerprint density at radius 3 is 2.86 bits per heavy atom. The molecule has 1 aliphatic heterocycles. The summed E-state index contributed by atoms with van der Waals surface area (Å²) < 4.78 is 0. The lowest BCUT2D eigenvalue weighted by molar-refractivity contribution is -0.123. The van der Waals surface area contributed by atoms with Crippen molar-refractivity contribution in [1.82, 2.24) is 0 Å². The van der Waals surface area contributed by atoms with E-state index in [1.807, 2.05) is 6.07 Å². The van der Waals surface area contributed by atoms with Crippen LogP contribution in [0, 0.1) is 5.92 Å². The molecule has 1 amide bonds. The van der Waals surface area contributed by atoms with Gasteiger partial charge >= 0.3 is 0 Å². The fourth-order valence-corrected chi connectivity index (χ4v) is 3.78. The molecule has 0 aromatic heterocycles. The number of aliphatic hydroxyl groups excluding tert-OH is 1. The van der Waals surface area contributed by atoms with E-state index in [2.05, 4.69) is 24.2 Å². The van der Waals surface area contributed by atoms with Gasteiger partial charge in [0.1, 0.15) is 0 Å². The molecule has 0 radical (unpaired) electrons. The highest BCUT2D eigenvalue weighted by Crippen LogP contribution is 2.40. The van der Waals surface area contributed by atoms with Gasteiger partial charge in [-0.3, -0.25) is 4.79 Å². The van der Waals surface area contributed by atoms with E-state index in [4.69, 9.17) is 11.6 Å². The summed E-state index contributed by atoms with van der Waals surface area (Å²) in [4.78, 5) is 13.8. The molecule has 0 saturated heterocycles. The Morgan fingerprint density at radius 2 is 2.14 bits per heavy atom. The predicted molar refractivity (Wildman–Crippen MR) is 84.9 cm³/mol. The van der Waals surface area contributed by atoms with Crippen molar-refractivity contribution in [3.05, 3.63) is 22.7 Å². The van der Waals surface area contributed by atoms with Gasteiger partial charge < -0.3 is 15.3 Å². The van der Waals surface area contributed by atoms with E-state index in [0.717, 1.165) is 11.6 Å². The first-order chi connectivity index (χ1) is 9.97. The molecule has 3 atom stereocenters. The number of anilines is 2. The molecule has 4 nitrogen and oxygen atoms in total. The van der Waals surface area contributed by atoms with Crippen molar-refractivity contribution in [2.75, 3.05) is 17.3 Å². The smallest absolute Gasteiger partial charge is 0.257 e. The lowest BCUT2D eigenvalue weighted by Crippen LogP contribution is -2.35. The summed E-state index contributed by atoms with van der Waals surface area (Å²) in [5.74, 6) is 0.355. The number of nitrogens with zero attached hydrogens (tertiary/aromatic N) is 1. The zero-order valence-electron chi connectivity index (χ0n) is 12.4. The molecule has 2 N–H and O–H groups in total. The maximum atomic E-state index is 11.6. The minimum absolute atomic E-state index is 0.382. The third-order valence-corrected chi connectivity index (χ3v) is 5.06. The van der Waals surface area contributed by atoms with Crippen LogP contribution >= 0.6 is 11.6 Å². The average molecular weight is 309 g/mol. The third-order valence-electron chi connectivity index (χ3n) is 4.76. The van der Waals surface area contributed by atoms with Crippen molar-refractivity contribution in [3.8, 4) is 0 Å². The molecular weight excluding hydrogens is 288 g/mol. The van der Waals surface area contributed by atoms with E-state index < -0.39 is 6.10 Å². The quantitative estimate of drug-likeness (QED) is 0.881. The summed E-state index contributed by atoms with van der Waals surface area (Å²) >= 11 is 6.38. The summed E-state index contributed by atoms with van der Waals surface area (Å²) in [6.45, 7) is 2.29. The van der Waals surface area contributed by atoms with Gasteiger partial charge in [0.2, 0.25) is 0 Å². The maximum absolute atomic E-state index is 11.6. The monoisotopic (exact) mass is 308 g/mol. The summed E-state index contributed by atoms with van der Waals surface area (Å²) in [5, 5.41) is 13.1. The second-order valence-electron chi connectivity index (χ2n) is 6.32. The van der Waals surface area contributed by atoms with Gasteiger partial charge in [0.25, 0.3) is 5.91 Å².